The largest absolute Gasteiger partial charge is 0.394 e. The van der Waals surface area contributed by atoms with E-state index in [0.717, 1.165) is 18.4 Å². The fraction of sp³-hybridized carbons (Fsp3) is 0.552. The van der Waals surface area contributed by atoms with Crippen LogP contribution < -0.4 is 0 Å². The Balaban J connectivity index is 1.62. The van der Waals surface area contributed by atoms with Gasteiger partial charge >= 0.3 is 0 Å². The number of aliphatic hydroxyl groups excluding tert-OH is 1. The first-order chi connectivity index (χ1) is 17.8. The highest BCUT2D eigenvalue weighted by Crippen LogP contribution is 2.61. The number of aliphatic hydroxyl groups is 1. The third-order valence-corrected chi connectivity index (χ3v) is 10.2. The van der Waals surface area contributed by atoms with Gasteiger partial charge in [0.05, 0.1) is 29.2 Å². The predicted octanol–water partition coefficient (Wildman–Crippen LogP) is 2.50. The molecular weight excluding hydrogens is 486 g/mol. The first-order valence-electron chi connectivity index (χ1n) is 13.4. The van der Waals surface area contributed by atoms with Crippen molar-refractivity contribution >= 4 is 29.5 Å². The minimum absolute atomic E-state index is 0.0274. The number of rotatable bonds is 7. The van der Waals surface area contributed by atoms with E-state index in [4.69, 9.17) is 0 Å². The Kier molecular flexibility index (Phi) is 7.24. The zero-order chi connectivity index (χ0) is 26.3. The maximum atomic E-state index is 14.4. The Hall–Kier alpha value is -2.58. The van der Waals surface area contributed by atoms with E-state index in [0.29, 0.717) is 19.5 Å². The van der Waals surface area contributed by atoms with Crippen LogP contribution in [0.3, 0.4) is 0 Å². The number of likely N-dealkylation sites (tertiary alicyclic amines) is 1. The standard InChI is InChI=1S/C29H37N3O4S/c1-4-10-19(2)31-16-9-14-29-24(23-22(37-29)13-8-15-30(3)26(23)34)27(35)32(25(29)28(31)36)21(18-33)17-20-11-6-5-7-12-20/h5-9,11-14,19,21-25,33H,4,10,15-18H2,1-3H3/t19?,21-,22-,23+,24+,25?,29+/m1/s1. The number of nitrogens with zero attached hydrogens (tertiary/aromatic N) is 3. The van der Waals surface area contributed by atoms with Crippen molar-refractivity contribution in [1.82, 2.24) is 14.7 Å². The number of likely N-dealkylation sites (N-methyl/N-ethyl adjacent to an activating group) is 1. The molecule has 37 heavy (non-hydrogen) atoms. The highest BCUT2D eigenvalue weighted by Gasteiger charge is 2.71. The van der Waals surface area contributed by atoms with Gasteiger partial charge in [0.2, 0.25) is 17.7 Å². The van der Waals surface area contributed by atoms with Gasteiger partial charge in [0.25, 0.3) is 0 Å². The molecule has 3 amide bonds. The average Bonchev–Trinajstić information content (AvgIpc) is 3.22. The highest BCUT2D eigenvalue weighted by molar-refractivity contribution is 8.02. The van der Waals surface area contributed by atoms with Crippen LogP contribution in [0.15, 0.2) is 54.6 Å². The second kappa shape index (κ2) is 10.3. The molecule has 5 rings (SSSR count). The van der Waals surface area contributed by atoms with E-state index >= 15 is 0 Å². The van der Waals surface area contributed by atoms with E-state index in [9.17, 15) is 19.5 Å². The summed E-state index contributed by atoms with van der Waals surface area (Å²) in [6.07, 6.45) is 10.4. The SMILES string of the molecule is CCCC(C)N1CC=C[C@]23S[C@@H]4C=CCN(C)C(=O)[C@@H]4[C@H]2C(=O)N([C@@H](CO)Cc2ccccc2)C3C1=O. The van der Waals surface area contributed by atoms with Gasteiger partial charge in [-0.15, -0.1) is 11.8 Å². The molecule has 4 aliphatic rings. The van der Waals surface area contributed by atoms with Crippen LogP contribution in [0.4, 0.5) is 0 Å². The number of fused-ring (bicyclic) bond motifs is 2. The fourth-order valence-electron chi connectivity index (χ4n) is 6.72. The van der Waals surface area contributed by atoms with Crippen molar-refractivity contribution in [2.45, 2.75) is 61.2 Å². The number of thioether (sulfide) groups is 1. The van der Waals surface area contributed by atoms with Crippen molar-refractivity contribution in [2.24, 2.45) is 11.8 Å². The van der Waals surface area contributed by atoms with Gasteiger partial charge in [-0.25, -0.2) is 0 Å². The van der Waals surface area contributed by atoms with Gasteiger partial charge in [0.1, 0.15) is 6.04 Å². The lowest BCUT2D eigenvalue weighted by atomic mass is 9.78. The zero-order valence-corrected chi connectivity index (χ0v) is 22.6. The highest BCUT2D eigenvalue weighted by atomic mass is 32.2. The molecular formula is C29H37N3O4S. The molecule has 0 radical (unpaired) electrons. The smallest absolute Gasteiger partial charge is 0.247 e. The maximum absolute atomic E-state index is 14.4. The summed E-state index contributed by atoms with van der Waals surface area (Å²) >= 11 is 1.59. The number of hydrogen-bond acceptors (Lipinski definition) is 5. The van der Waals surface area contributed by atoms with Crippen molar-refractivity contribution in [3.8, 4) is 0 Å². The predicted molar refractivity (Wildman–Crippen MR) is 145 cm³/mol. The molecule has 2 fully saturated rings. The fourth-order valence-corrected chi connectivity index (χ4v) is 8.71. The summed E-state index contributed by atoms with van der Waals surface area (Å²) in [4.78, 5) is 47.6. The third kappa shape index (κ3) is 4.22. The van der Waals surface area contributed by atoms with Crippen LogP contribution >= 0.6 is 11.8 Å². The number of carbonyl (C=O) groups is 3. The first-order valence-corrected chi connectivity index (χ1v) is 14.3. The van der Waals surface area contributed by atoms with Crippen molar-refractivity contribution < 1.29 is 19.5 Å². The molecule has 2 saturated heterocycles. The number of carbonyl (C=O) groups excluding carboxylic acids is 3. The molecule has 0 bridgehead atoms. The molecule has 4 heterocycles. The van der Waals surface area contributed by atoms with Crippen LogP contribution in [0, 0.1) is 11.8 Å². The van der Waals surface area contributed by atoms with Gasteiger partial charge < -0.3 is 19.8 Å². The lowest BCUT2D eigenvalue weighted by molar-refractivity contribution is -0.147. The minimum atomic E-state index is -0.855. The second-order valence-corrected chi connectivity index (χ2v) is 12.3. The summed E-state index contributed by atoms with van der Waals surface area (Å²) in [5.41, 5.74) is 0.993. The molecule has 0 saturated carbocycles. The monoisotopic (exact) mass is 523 g/mol. The molecule has 4 aliphatic heterocycles. The van der Waals surface area contributed by atoms with Crippen molar-refractivity contribution in [3.05, 3.63) is 60.2 Å². The van der Waals surface area contributed by atoms with E-state index in [-0.39, 0.29) is 35.6 Å². The maximum Gasteiger partial charge on any atom is 0.247 e. The van der Waals surface area contributed by atoms with E-state index in [1.54, 1.807) is 28.6 Å². The van der Waals surface area contributed by atoms with Crippen LogP contribution in [-0.2, 0) is 20.8 Å². The normalized spacial score (nSPS) is 32.6. The molecule has 7 nitrogen and oxygen atoms in total. The molecule has 0 aromatic heterocycles. The van der Waals surface area contributed by atoms with Gasteiger partial charge in [-0.05, 0) is 25.3 Å². The second-order valence-electron chi connectivity index (χ2n) is 10.8. The van der Waals surface area contributed by atoms with Gasteiger partial charge in [-0.1, -0.05) is 68.0 Å². The molecule has 0 aliphatic carbocycles. The summed E-state index contributed by atoms with van der Waals surface area (Å²) in [6.45, 7) is 4.90. The Morgan fingerprint density at radius 3 is 2.54 bits per heavy atom. The Morgan fingerprint density at radius 2 is 1.84 bits per heavy atom. The van der Waals surface area contributed by atoms with Crippen molar-refractivity contribution in [1.29, 1.82) is 0 Å². The molecule has 2 unspecified atom stereocenters. The summed E-state index contributed by atoms with van der Waals surface area (Å²) in [6, 6.07) is 8.45. The van der Waals surface area contributed by atoms with E-state index in [1.165, 1.54) is 0 Å². The molecule has 7 atom stereocenters. The summed E-state index contributed by atoms with van der Waals surface area (Å²) in [5, 5.41) is 10.4. The molecule has 8 heteroatoms. The molecule has 198 valence electrons. The van der Waals surface area contributed by atoms with Crippen LogP contribution in [-0.4, -0.2) is 92.4 Å². The van der Waals surface area contributed by atoms with Gasteiger partial charge in [-0.3, -0.25) is 14.4 Å². The lowest BCUT2D eigenvalue weighted by Crippen LogP contribution is -2.58. The number of benzene rings is 1. The van der Waals surface area contributed by atoms with Gasteiger partial charge in [-0.2, -0.15) is 0 Å². The average molecular weight is 524 g/mol. The molecule has 1 aromatic rings. The molecule has 1 aromatic carbocycles. The van der Waals surface area contributed by atoms with Crippen molar-refractivity contribution in [3.63, 3.8) is 0 Å². The summed E-state index contributed by atoms with van der Waals surface area (Å²) < 4.78 is -0.855. The first kappa shape index (κ1) is 26.0. The summed E-state index contributed by atoms with van der Waals surface area (Å²) in [5.74, 6) is -1.52. The lowest BCUT2D eigenvalue weighted by Gasteiger charge is -2.40. The molecule has 1 spiro atoms. The number of amides is 3. The third-order valence-electron chi connectivity index (χ3n) is 8.49. The van der Waals surface area contributed by atoms with E-state index in [1.807, 2.05) is 59.5 Å². The van der Waals surface area contributed by atoms with Gasteiger partial charge in [0.15, 0.2) is 0 Å². The zero-order valence-electron chi connectivity index (χ0n) is 21.8. The van der Waals surface area contributed by atoms with Crippen LogP contribution in [0.25, 0.3) is 0 Å². The minimum Gasteiger partial charge on any atom is -0.394 e. The van der Waals surface area contributed by atoms with Crippen LogP contribution in [0.1, 0.15) is 32.3 Å². The van der Waals surface area contributed by atoms with Crippen LogP contribution in [0.5, 0.6) is 0 Å². The van der Waals surface area contributed by atoms with Gasteiger partial charge in [0, 0.05) is 31.4 Å². The molecule has 1 N–H and O–H groups in total. The number of hydrogen-bond donors (Lipinski definition) is 1. The van der Waals surface area contributed by atoms with Crippen LogP contribution in [0.2, 0.25) is 0 Å². The Bertz CT molecular complexity index is 1110. The quantitative estimate of drug-likeness (QED) is 0.556. The van der Waals surface area contributed by atoms with Crippen molar-refractivity contribution in [2.75, 3.05) is 26.7 Å². The Morgan fingerprint density at radius 1 is 1.08 bits per heavy atom. The van der Waals surface area contributed by atoms with E-state index in [2.05, 4.69) is 13.8 Å². The van der Waals surface area contributed by atoms with E-state index < -0.39 is 28.7 Å². The Labute approximate surface area is 223 Å². The topological polar surface area (TPSA) is 81.2 Å². The summed E-state index contributed by atoms with van der Waals surface area (Å²) in [7, 11) is 1.77.